The summed E-state index contributed by atoms with van der Waals surface area (Å²) in [6.45, 7) is -0.718. The van der Waals surface area contributed by atoms with E-state index in [9.17, 15) is 27.5 Å². The highest BCUT2D eigenvalue weighted by molar-refractivity contribution is 7.43. The number of hydrogen-bond donors (Lipinski definition) is 0. The van der Waals surface area contributed by atoms with Crippen LogP contribution in [0.25, 0.3) is 0 Å². The average Bonchev–Trinajstić information content (AvgIpc) is 1.76. The zero-order chi connectivity index (χ0) is 9.83. The van der Waals surface area contributed by atoms with Crippen molar-refractivity contribution in [1.82, 2.24) is 0 Å². The molecule has 0 N–H and O–H groups in total. The molecule has 0 amide bonds. The van der Waals surface area contributed by atoms with Crippen LogP contribution in [0.2, 0.25) is 0 Å². The van der Waals surface area contributed by atoms with Crippen LogP contribution in [0.3, 0.4) is 0 Å². The number of alkyl halides is 3. The Morgan fingerprint density at radius 1 is 1.33 bits per heavy atom. The quantitative estimate of drug-likeness (QED) is 0.485. The lowest BCUT2D eigenvalue weighted by atomic mass is 10.3. The predicted octanol–water partition coefficient (Wildman–Crippen LogP) is 0.174. The van der Waals surface area contributed by atoms with Crippen molar-refractivity contribution in [2.75, 3.05) is 6.61 Å². The molecule has 12 heavy (non-hydrogen) atoms. The van der Waals surface area contributed by atoms with Gasteiger partial charge in [-0.25, -0.2) is 0 Å². The molecule has 0 fully saturated rings. The minimum absolute atomic E-state index is 0.530. The van der Waals surface area contributed by atoms with Gasteiger partial charge in [0.05, 0.1) is 14.4 Å². The topological polar surface area (TPSA) is 72.4 Å². The Morgan fingerprint density at radius 3 is 2.17 bits per heavy atom. The lowest BCUT2D eigenvalue weighted by Gasteiger charge is -2.28. The standard InChI is InChI=1S/C4H8F3O4P/c5-4(6,7)2-1-3-11-12(8,9)10/h1-3H2,(H2,8,9,10)/p-2. The summed E-state index contributed by atoms with van der Waals surface area (Å²) in [6, 6.07) is 0. The summed E-state index contributed by atoms with van der Waals surface area (Å²) in [4.78, 5) is 19.4. The number of phosphoric acid groups is 1. The largest absolute Gasteiger partial charge is 0.790 e. The third-order valence-electron chi connectivity index (χ3n) is 0.854. The second-order valence-electron chi connectivity index (χ2n) is 2.00. The molecule has 8 heteroatoms. The molecule has 0 spiro atoms. The number of halogens is 3. The summed E-state index contributed by atoms with van der Waals surface area (Å²) in [5.74, 6) is 0. The Morgan fingerprint density at radius 2 is 1.83 bits per heavy atom. The lowest BCUT2D eigenvalue weighted by molar-refractivity contribution is -0.341. The van der Waals surface area contributed by atoms with Crippen molar-refractivity contribution in [2.24, 2.45) is 0 Å². The van der Waals surface area contributed by atoms with Crippen molar-refractivity contribution in [3.8, 4) is 0 Å². The molecule has 0 saturated heterocycles. The molecule has 0 heterocycles. The minimum Gasteiger partial charge on any atom is -0.790 e. The fourth-order valence-electron chi connectivity index (χ4n) is 0.449. The van der Waals surface area contributed by atoms with Gasteiger partial charge in [0, 0.05) is 6.42 Å². The molecule has 4 nitrogen and oxygen atoms in total. The second kappa shape index (κ2) is 4.23. The molecule has 0 rings (SSSR count). The molecule has 0 aliphatic heterocycles. The molecular weight excluding hydrogens is 200 g/mol. The van der Waals surface area contributed by atoms with Gasteiger partial charge in [0.25, 0.3) is 0 Å². The van der Waals surface area contributed by atoms with E-state index in [2.05, 4.69) is 4.52 Å². The van der Waals surface area contributed by atoms with E-state index in [-0.39, 0.29) is 0 Å². The van der Waals surface area contributed by atoms with Crippen LogP contribution >= 0.6 is 7.82 Å². The molecule has 0 aromatic carbocycles. The molecule has 0 saturated carbocycles. The van der Waals surface area contributed by atoms with Crippen LogP contribution in [0.4, 0.5) is 13.2 Å². The van der Waals surface area contributed by atoms with Gasteiger partial charge >= 0.3 is 6.18 Å². The van der Waals surface area contributed by atoms with Crippen molar-refractivity contribution >= 4 is 7.82 Å². The smallest absolute Gasteiger partial charge is 0.389 e. The Labute approximate surface area is 66.6 Å². The van der Waals surface area contributed by atoms with E-state index in [1.807, 2.05) is 0 Å². The van der Waals surface area contributed by atoms with Crippen LogP contribution in [0.15, 0.2) is 0 Å². The molecule has 0 unspecified atom stereocenters. The minimum atomic E-state index is -5.12. The molecule has 0 aliphatic carbocycles. The first-order valence-corrected chi connectivity index (χ1v) is 4.40. The summed E-state index contributed by atoms with van der Waals surface area (Å²) < 4.78 is 47.5. The van der Waals surface area contributed by atoms with Crippen molar-refractivity contribution in [1.29, 1.82) is 0 Å². The predicted molar refractivity (Wildman–Crippen MR) is 28.8 cm³/mol. The summed E-state index contributed by atoms with van der Waals surface area (Å²) in [5, 5.41) is 0. The number of rotatable bonds is 4. The average molecular weight is 206 g/mol. The van der Waals surface area contributed by atoms with Gasteiger partial charge in [-0.15, -0.1) is 0 Å². The van der Waals surface area contributed by atoms with Crippen molar-refractivity contribution in [3.63, 3.8) is 0 Å². The Hall–Kier alpha value is -0.100. The van der Waals surface area contributed by atoms with E-state index < -0.39 is 33.4 Å². The van der Waals surface area contributed by atoms with Gasteiger partial charge in [-0.1, -0.05) is 0 Å². The van der Waals surface area contributed by atoms with Gasteiger partial charge in [0.1, 0.15) is 0 Å². The highest BCUT2D eigenvalue weighted by atomic mass is 31.2. The zero-order valence-electron chi connectivity index (χ0n) is 5.84. The molecule has 0 atom stereocenters. The summed E-state index contributed by atoms with van der Waals surface area (Å²) >= 11 is 0. The van der Waals surface area contributed by atoms with Gasteiger partial charge in [-0.2, -0.15) is 13.2 Å². The van der Waals surface area contributed by atoms with Gasteiger partial charge in [0.15, 0.2) is 0 Å². The monoisotopic (exact) mass is 206 g/mol. The van der Waals surface area contributed by atoms with Gasteiger partial charge in [-0.05, 0) is 6.42 Å². The SMILES string of the molecule is O=P([O-])([O-])OCCCC(F)(F)F. The van der Waals surface area contributed by atoms with E-state index in [0.717, 1.165) is 0 Å². The van der Waals surface area contributed by atoms with E-state index in [1.165, 1.54) is 0 Å². The van der Waals surface area contributed by atoms with Gasteiger partial charge in [0.2, 0.25) is 0 Å². The highest BCUT2D eigenvalue weighted by Gasteiger charge is 2.25. The maximum atomic E-state index is 11.4. The third kappa shape index (κ3) is 9.90. The fraction of sp³-hybridized carbons (Fsp3) is 1.00. The van der Waals surface area contributed by atoms with Crippen molar-refractivity contribution < 1.29 is 32.0 Å². The van der Waals surface area contributed by atoms with E-state index in [4.69, 9.17) is 0 Å². The Bertz CT molecular complexity index is 174. The first-order chi connectivity index (χ1) is 5.21. The number of hydrogen-bond acceptors (Lipinski definition) is 4. The highest BCUT2D eigenvalue weighted by Crippen LogP contribution is 2.26. The number of phosphoric ester groups is 1. The molecule has 0 radical (unpaired) electrons. The normalized spacial score (nSPS) is 13.4. The molecule has 0 aliphatic rings. The molecule has 74 valence electrons. The lowest BCUT2D eigenvalue weighted by Crippen LogP contribution is -2.17. The van der Waals surface area contributed by atoms with Gasteiger partial charge < -0.3 is 18.9 Å². The molecular formula is C4H6F3O4P-2. The maximum Gasteiger partial charge on any atom is 0.389 e. The Kier molecular flexibility index (Phi) is 4.19. The van der Waals surface area contributed by atoms with Crippen LogP contribution in [0.1, 0.15) is 12.8 Å². The summed E-state index contributed by atoms with van der Waals surface area (Å²) in [7, 11) is -5.12. The fourth-order valence-corrected chi connectivity index (χ4v) is 0.802. The van der Waals surface area contributed by atoms with Crippen LogP contribution in [-0.4, -0.2) is 12.8 Å². The van der Waals surface area contributed by atoms with E-state index in [1.54, 1.807) is 0 Å². The second-order valence-corrected chi connectivity index (χ2v) is 3.15. The van der Waals surface area contributed by atoms with Crippen molar-refractivity contribution in [2.45, 2.75) is 19.0 Å². The first-order valence-electron chi connectivity index (χ1n) is 2.94. The Balaban J connectivity index is 3.41. The van der Waals surface area contributed by atoms with Crippen LogP contribution in [-0.2, 0) is 9.09 Å². The maximum absolute atomic E-state index is 11.4. The van der Waals surface area contributed by atoms with Crippen molar-refractivity contribution in [3.05, 3.63) is 0 Å². The molecule has 0 bridgehead atoms. The molecule has 0 aromatic rings. The third-order valence-corrected chi connectivity index (χ3v) is 1.35. The summed E-state index contributed by atoms with van der Waals surface area (Å²) in [6.07, 6.45) is -6.04. The zero-order valence-corrected chi connectivity index (χ0v) is 6.73. The molecule has 0 aromatic heterocycles. The van der Waals surface area contributed by atoms with Crippen LogP contribution in [0.5, 0.6) is 0 Å². The first kappa shape index (κ1) is 11.9. The van der Waals surface area contributed by atoms with Crippen LogP contribution < -0.4 is 9.79 Å². The summed E-state index contributed by atoms with van der Waals surface area (Å²) in [5.41, 5.74) is 0. The van der Waals surface area contributed by atoms with E-state index in [0.29, 0.717) is 0 Å². The van der Waals surface area contributed by atoms with E-state index >= 15 is 0 Å². The van der Waals surface area contributed by atoms with Crippen LogP contribution in [0, 0.1) is 0 Å². The van der Waals surface area contributed by atoms with Gasteiger partial charge in [-0.3, -0.25) is 0 Å².